The van der Waals surface area contributed by atoms with Crippen molar-refractivity contribution in [3.63, 3.8) is 0 Å². The average Bonchev–Trinajstić information content (AvgIpc) is 2.51. The summed E-state index contributed by atoms with van der Waals surface area (Å²) in [5, 5.41) is 0. The van der Waals surface area contributed by atoms with Crippen LogP contribution in [0.5, 0.6) is 5.75 Å². The molecule has 0 bridgehead atoms. The standard InChI is InChI=1S/C16H8F8O2/c17-14(18)26-13-2-8(7-25)1-9(5-13)10-3-11(15(19,20)21)6-12(4-10)16(22,23)24/h1-7,14H. The largest absolute Gasteiger partial charge is 0.435 e. The highest BCUT2D eigenvalue weighted by atomic mass is 19.4. The molecule has 0 amide bonds. The number of ether oxygens (including phenoxy) is 1. The first-order valence-corrected chi connectivity index (χ1v) is 6.75. The maximum Gasteiger partial charge on any atom is 0.416 e. The number of hydrogen-bond donors (Lipinski definition) is 0. The Morgan fingerprint density at radius 1 is 0.769 bits per heavy atom. The molecule has 0 aliphatic rings. The van der Waals surface area contributed by atoms with Gasteiger partial charge < -0.3 is 4.74 Å². The average molecular weight is 384 g/mol. The summed E-state index contributed by atoms with van der Waals surface area (Å²) in [6, 6.07) is 3.43. The van der Waals surface area contributed by atoms with Crippen molar-refractivity contribution in [3.05, 3.63) is 53.1 Å². The molecule has 0 heterocycles. The van der Waals surface area contributed by atoms with Gasteiger partial charge in [-0.15, -0.1) is 0 Å². The normalized spacial score (nSPS) is 12.3. The van der Waals surface area contributed by atoms with Gasteiger partial charge in [-0.05, 0) is 47.5 Å². The minimum atomic E-state index is -5.07. The molecule has 0 unspecified atom stereocenters. The maximum atomic E-state index is 12.9. The Kier molecular flexibility index (Phi) is 5.24. The zero-order chi connectivity index (χ0) is 19.7. The Morgan fingerprint density at radius 3 is 1.69 bits per heavy atom. The van der Waals surface area contributed by atoms with Crippen LogP contribution in [-0.4, -0.2) is 12.9 Å². The van der Waals surface area contributed by atoms with Gasteiger partial charge in [0.05, 0.1) is 11.1 Å². The third-order valence-corrected chi connectivity index (χ3v) is 3.21. The van der Waals surface area contributed by atoms with Crippen LogP contribution in [0.25, 0.3) is 11.1 Å². The number of carbonyl (C=O) groups excluding carboxylic acids is 1. The molecular weight excluding hydrogens is 376 g/mol. The van der Waals surface area contributed by atoms with E-state index in [4.69, 9.17) is 0 Å². The van der Waals surface area contributed by atoms with Crippen LogP contribution in [0.1, 0.15) is 21.5 Å². The number of halogens is 8. The highest BCUT2D eigenvalue weighted by Crippen LogP contribution is 2.39. The molecule has 2 rings (SSSR count). The van der Waals surface area contributed by atoms with Crippen molar-refractivity contribution < 1.29 is 44.7 Å². The van der Waals surface area contributed by atoms with E-state index in [2.05, 4.69) is 4.74 Å². The van der Waals surface area contributed by atoms with E-state index < -0.39 is 41.4 Å². The van der Waals surface area contributed by atoms with Gasteiger partial charge in [0.2, 0.25) is 0 Å². The third-order valence-electron chi connectivity index (χ3n) is 3.21. The van der Waals surface area contributed by atoms with E-state index >= 15 is 0 Å². The van der Waals surface area contributed by atoms with Gasteiger partial charge in [-0.3, -0.25) is 4.79 Å². The molecule has 0 aliphatic carbocycles. The van der Waals surface area contributed by atoms with E-state index in [0.717, 1.165) is 18.2 Å². The summed E-state index contributed by atoms with van der Waals surface area (Å²) in [6.45, 7) is -3.29. The van der Waals surface area contributed by atoms with Gasteiger partial charge in [-0.2, -0.15) is 35.1 Å². The summed E-state index contributed by atoms with van der Waals surface area (Å²) in [5.74, 6) is -0.578. The lowest BCUT2D eigenvalue weighted by Gasteiger charge is -2.15. The number of carbonyl (C=O) groups is 1. The molecule has 0 aliphatic heterocycles. The van der Waals surface area contributed by atoms with Crippen LogP contribution in [0, 0.1) is 0 Å². The lowest BCUT2D eigenvalue weighted by Crippen LogP contribution is -2.11. The fourth-order valence-corrected chi connectivity index (χ4v) is 2.15. The molecule has 0 aromatic heterocycles. The molecule has 0 fully saturated rings. The van der Waals surface area contributed by atoms with Crippen molar-refractivity contribution in [2.45, 2.75) is 19.0 Å². The predicted octanol–water partition coefficient (Wildman–Crippen LogP) is 5.81. The lowest BCUT2D eigenvalue weighted by molar-refractivity contribution is -0.143. The zero-order valence-electron chi connectivity index (χ0n) is 12.5. The van der Waals surface area contributed by atoms with Gasteiger partial charge in [0.25, 0.3) is 0 Å². The number of alkyl halides is 8. The summed E-state index contributed by atoms with van der Waals surface area (Å²) in [7, 11) is 0. The number of benzene rings is 2. The molecule has 2 aromatic rings. The van der Waals surface area contributed by atoms with Gasteiger partial charge in [0.1, 0.15) is 12.0 Å². The Bertz CT molecular complexity index is 777. The van der Waals surface area contributed by atoms with Crippen LogP contribution in [-0.2, 0) is 12.4 Å². The molecule has 0 spiro atoms. The second-order valence-electron chi connectivity index (χ2n) is 5.08. The van der Waals surface area contributed by atoms with Gasteiger partial charge in [0, 0.05) is 5.56 Å². The zero-order valence-corrected chi connectivity index (χ0v) is 12.5. The van der Waals surface area contributed by atoms with Crippen molar-refractivity contribution in [2.75, 3.05) is 0 Å². The third kappa shape index (κ3) is 4.70. The molecule has 0 N–H and O–H groups in total. The Hall–Kier alpha value is -2.65. The first-order chi connectivity index (χ1) is 11.9. The predicted molar refractivity (Wildman–Crippen MR) is 73.9 cm³/mol. The molecule has 0 radical (unpaired) electrons. The quantitative estimate of drug-likeness (QED) is 0.492. The summed E-state index contributed by atoms with van der Waals surface area (Å²) < 4.78 is 106. The molecule has 2 aromatic carbocycles. The van der Waals surface area contributed by atoms with Gasteiger partial charge >= 0.3 is 19.0 Å². The van der Waals surface area contributed by atoms with Crippen molar-refractivity contribution >= 4 is 6.29 Å². The van der Waals surface area contributed by atoms with Crippen LogP contribution in [0.3, 0.4) is 0 Å². The van der Waals surface area contributed by atoms with Crippen molar-refractivity contribution in [2.24, 2.45) is 0 Å². The van der Waals surface area contributed by atoms with E-state index in [1.54, 1.807) is 0 Å². The second kappa shape index (κ2) is 6.93. The highest BCUT2D eigenvalue weighted by Gasteiger charge is 2.37. The molecular formula is C16H8F8O2. The Balaban J connectivity index is 2.68. The summed E-state index contributed by atoms with van der Waals surface area (Å²) in [6.07, 6.45) is -9.94. The number of hydrogen-bond acceptors (Lipinski definition) is 2. The fraction of sp³-hybridized carbons (Fsp3) is 0.188. The van der Waals surface area contributed by atoms with Crippen LogP contribution < -0.4 is 4.74 Å². The van der Waals surface area contributed by atoms with Gasteiger partial charge in [-0.1, -0.05) is 0 Å². The minimum Gasteiger partial charge on any atom is -0.435 e. The topological polar surface area (TPSA) is 26.3 Å². The first kappa shape index (κ1) is 19.7. The Morgan fingerprint density at radius 2 is 1.27 bits per heavy atom. The SMILES string of the molecule is O=Cc1cc(OC(F)F)cc(-c2cc(C(F)(F)F)cc(C(F)(F)F)c2)c1. The molecule has 0 saturated heterocycles. The summed E-state index contributed by atoms with van der Waals surface area (Å²) >= 11 is 0. The fourth-order valence-electron chi connectivity index (χ4n) is 2.15. The van der Waals surface area contributed by atoms with E-state index in [1.807, 2.05) is 0 Å². The van der Waals surface area contributed by atoms with E-state index in [-0.39, 0.29) is 23.5 Å². The molecule has 0 saturated carbocycles. The van der Waals surface area contributed by atoms with Crippen molar-refractivity contribution in [1.29, 1.82) is 0 Å². The smallest absolute Gasteiger partial charge is 0.416 e. The van der Waals surface area contributed by atoms with Crippen LogP contribution in [0.2, 0.25) is 0 Å². The van der Waals surface area contributed by atoms with Gasteiger partial charge in [-0.25, -0.2) is 0 Å². The number of aldehydes is 1. The molecule has 26 heavy (non-hydrogen) atoms. The van der Waals surface area contributed by atoms with Crippen LogP contribution in [0.4, 0.5) is 35.1 Å². The van der Waals surface area contributed by atoms with Gasteiger partial charge in [0.15, 0.2) is 0 Å². The summed E-state index contributed by atoms with van der Waals surface area (Å²) in [5.41, 5.74) is -4.29. The van der Waals surface area contributed by atoms with E-state index in [1.165, 1.54) is 0 Å². The Labute approximate surface area is 141 Å². The monoisotopic (exact) mass is 384 g/mol. The van der Waals surface area contributed by atoms with E-state index in [0.29, 0.717) is 12.1 Å². The van der Waals surface area contributed by atoms with Crippen molar-refractivity contribution in [3.8, 4) is 16.9 Å². The minimum absolute atomic E-state index is 0.0658. The molecule has 2 nitrogen and oxygen atoms in total. The van der Waals surface area contributed by atoms with Crippen LogP contribution in [0.15, 0.2) is 36.4 Å². The van der Waals surface area contributed by atoms with E-state index in [9.17, 15) is 39.9 Å². The maximum absolute atomic E-state index is 12.9. The molecule has 0 atom stereocenters. The second-order valence-corrected chi connectivity index (χ2v) is 5.08. The first-order valence-electron chi connectivity index (χ1n) is 6.75. The number of rotatable bonds is 4. The lowest BCUT2D eigenvalue weighted by atomic mass is 9.97. The highest BCUT2D eigenvalue weighted by molar-refractivity contribution is 5.80. The summed E-state index contributed by atoms with van der Waals surface area (Å²) in [4.78, 5) is 10.9. The molecule has 10 heteroatoms. The molecule has 140 valence electrons. The van der Waals surface area contributed by atoms with Crippen molar-refractivity contribution in [1.82, 2.24) is 0 Å². The van der Waals surface area contributed by atoms with Crippen LogP contribution >= 0.6 is 0 Å².